The van der Waals surface area contributed by atoms with Gasteiger partial charge in [0.25, 0.3) is 0 Å². The van der Waals surface area contributed by atoms with Gasteiger partial charge < -0.3 is 14.4 Å². The van der Waals surface area contributed by atoms with Crippen LogP contribution in [0.1, 0.15) is 27.2 Å². The molecule has 1 rings (SSSR count). The predicted octanol–water partition coefficient (Wildman–Crippen LogP) is 1.58. The molecule has 1 amide bonds. The normalized spacial score (nSPS) is 17.6. The first-order valence-electron chi connectivity index (χ1n) is 6.63. The maximum absolute atomic E-state index is 11.7. The molecule has 5 nitrogen and oxygen atoms in total. The Morgan fingerprint density at radius 2 is 1.94 bits per heavy atom. The van der Waals surface area contributed by atoms with Crippen LogP contribution in [-0.2, 0) is 9.47 Å². The zero-order chi connectivity index (χ0) is 13.6. The highest BCUT2D eigenvalue weighted by molar-refractivity contribution is 5.67. The largest absolute Gasteiger partial charge is 0.444 e. The summed E-state index contributed by atoms with van der Waals surface area (Å²) in [6.45, 7) is 11.0. The molecular formula is C13H26N2O3. The first-order chi connectivity index (χ1) is 8.38. The summed E-state index contributed by atoms with van der Waals surface area (Å²) in [5.74, 6) is 0. The Kier molecular flexibility index (Phi) is 5.88. The van der Waals surface area contributed by atoms with Gasteiger partial charge in [-0.15, -0.1) is 0 Å². The van der Waals surface area contributed by atoms with Crippen molar-refractivity contribution in [1.29, 1.82) is 0 Å². The van der Waals surface area contributed by atoms with Crippen LogP contribution in [0.15, 0.2) is 0 Å². The molecule has 0 spiro atoms. The predicted molar refractivity (Wildman–Crippen MR) is 70.7 cm³/mol. The summed E-state index contributed by atoms with van der Waals surface area (Å²) in [7, 11) is 1.79. The van der Waals surface area contributed by atoms with E-state index in [2.05, 4.69) is 4.90 Å². The molecule has 0 aromatic rings. The van der Waals surface area contributed by atoms with Crippen molar-refractivity contribution < 1.29 is 14.3 Å². The molecule has 0 saturated carbocycles. The molecule has 18 heavy (non-hydrogen) atoms. The van der Waals surface area contributed by atoms with Gasteiger partial charge in [-0.25, -0.2) is 4.79 Å². The van der Waals surface area contributed by atoms with Crippen molar-refractivity contribution in [3.05, 3.63) is 0 Å². The van der Waals surface area contributed by atoms with Gasteiger partial charge in [0.1, 0.15) is 5.60 Å². The first-order valence-corrected chi connectivity index (χ1v) is 6.63. The Bertz CT molecular complexity index is 257. The molecule has 1 heterocycles. The quantitative estimate of drug-likeness (QED) is 0.767. The van der Waals surface area contributed by atoms with Crippen LogP contribution in [-0.4, -0.2) is 67.9 Å². The number of hydrogen-bond acceptors (Lipinski definition) is 4. The minimum Gasteiger partial charge on any atom is -0.444 e. The first kappa shape index (κ1) is 15.2. The zero-order valence-electron chi connectivity index (χ0n) is 12.1. The van der Waals surface area contributed by atoms with E-state index in [4.69, 9.17) is 9.47 Å². The van der Waals surface area contributed by atoms with Gasteiger partial charge in [-0.05, 0) is 27.2 Å². The Morgan fingerprint density at radius 3 is 2.50 bits per heavy atom. The second-order valence-corrected chi connectivity index (χ2v) is 5.71. The number of amides is 1. The summed E-state index contributed by atoms with van der Waals surface area (Å²) in [6, 6.07) is 0. The van der Waals surface area contributed by atoms with Crippen molar-refractivity contribution in [3.63, 3.8) is 0 Å². The Balaban J connectivity index is 2.15. The minimum atomic E-state index is -0.421. The molecule has 1 aliphatic heterocycles. The molecule has 0 aromatic carbocycles. The van der Waals surface area contributed by atoms with E-state index in [-0.39, 0.29) is 6.09 Å². The molecule has 1 saturated heterocycles. The standard InChI is InChI=1S/C13H26N2O3/c1-13(2,3)18-12(16)14(4)6-5-7-15-8-10-17-11-9-15/h5-11H2,1-4H3. The number of morpholine rings is 1. The average Bonchev–Trinajstić information content (AvgIpc) is 2.28. The lowest BCUT2D eigenvalue weighted by molar-refractivity contribution is 0.0249. The fourth-order valence-corrected chi connectivity index (χ4v) is 1.79. The van der Waals surface area contributed by atoms with Crippen molar-refractivity contribution in [2.24, 2.45) is 0 Å². The van der Waals surface area contributed by atoms with E-state index in [0.29, 0.717) is 0 Å². The Labute approximate surface area is 110 Å². The Hall–Kier alpha value is -0.810. The van der Waals surface area contributed by atoms with Gasteiger partial charge in [0.2, 0.25) is 0 Å². The number of carbonyl (C=O) groups excluding carboxylic acids is 1. The van der Waals surface area contributed by atoms with E-state index in [1.807, 2.05) is 20.8 Å². The lowest BCUT2D eigenvalue weighted by atomic mass is 10.2. The summed E-state index contributed by atoms with van der Waals surface area (Å²) in [4.78, 5) is 15.7. The lowest BCUT2D eigenvalue weighted by Gasteiger charge is -2.28. The number of rotatable bonds is 4. The minimum absolute atomic E-state index is 0.246. The summed E-state index contributed by atoms with van der Waals surface area (Å²) in [5, 5.41) is 0. The maximum Gasteiger partial charge on any atom is 0.410 e. The molecule has 0 aromatic heterocycles. The molecule has 0 atom stereocenters. The van der Waals surface area contributed by atoms with Crippen molar-refractivity contribution in [3.8, 4) is 0 Å². The third-order valence-corrected chi connectivity index (χ3v) is 2.78. The molecule has 0 bridgehead atoms. The second kappa shape index (κ2) is 6.95. The van der Waals surface area contributed by atoms with Crippen LogP contribution in [0.3, 0.4) is 0 Å². The molecule has 1 aliphatic rings. The summed E-state index contributed by atoms with van der Waals surface area (Å²) >= 11 is 0. The van der Waals surface area contributed by atoms with Gasteiger partial charge >= 0.3 is 6.09 Å². The Morgan fingerprint density at radius 1 is 1.33 bits per heavy atom. The summed E-state index contributed by atoms with van der Waals surface area (Å²) < 4.78 is 10.6. The van der Waals surface area contributed by atoms with E-state index < -0.39 is 5.60 Å². The van der Waals surface area contributed by atoms with Gasteiger partial charge in [0.15, 0.2) is 0 Å². The molecular weight excluding hydrogens is 232 g/mol. The van der Waals surface area contributed by atoms with Crippen LogP contribution in [0.2, 0.25) is 0 Å². The molecule has 0 radical (unpaired) electrons. The highest BCUT2D eigenvalue weighted by Crippen LogP contribution is 2.09. The maximum atomic E-state index is 11.7. The van der Waals surface area contributed by atoms with Gasteiger partial charge in [-0.2, -0.15) is 0 Å². The average molecular weight is 258 g/mol. The van der Waals surface area contributed by atoms with Crippen LogP contribution in [0.4, 0.5) is 4.79 Å². The van der Waals surface area contributed by atoms with Crippen LogP contribution in [0, 0.1) is 0 Å². The monoisotopic (exact) mass is 258 g/mol. The van der Waals surface area contributed by atoms with E-state index in [1.165, 1.54) is 0 Å². The molecule has 0 aliphatic carbocycles. The van der Waals surface area contributed by atoms with Crippen molar-refractivity contribution >= 4 is 6.09 Å². The third kappa shape index (κ3) is 6.21. The van der Waals surface area contributed by atoms with E-state index in [9.17, 15) is 4.79 Å². The number of hydrogen-bond donors (Lipinski definition) is 0. The van der Waals surface area contributed by atoms with Gasteiger partial charge in [0.05, 0.1) is 13.2 Å². The van der Waals surface area contributed by atoms with Crippen molar-refractivity contribution in [2.75, 3.05) is 46.4 Å². The van der Waals surface area contributed by atoms with E-state index >= 15 is 0 Å². The SMILES string of the molecule is CN(CCCN1CCOCC1)C(=O)OC(C)(C)C. The lowest BCUT2D eigenvalue weighted by Crippen LogP contribution is -2.39. The molecule has 106 valence electrons. The molecule has 0 unspecified atom stereocenters. The second-order valence-electron chi connectivity index (χ2n) is 5.71. The number of nitrogens with zero attached hydrogens (tertiary/aromatic N) is 2. The van der Waals surface area contributed by atoms with Gasteiger partial charge in [0, 0.05) is 33.2 Å². The van der Waals surface area contributed by atoms with Gasteiger partial charge in [-0.3, -0.25) is 4.90 Å². The van der Waals surface area contributed by atoms with Crippen LogP contribution < -0.4 is 0 Å². The molecule has 1 fully saturated rings. The van der Waals surface area contributed by atoms with Crippen molar-refractivity contribution in [2.45, 2.75) is 32.8 Å². The summed E-state index contributed by atoms with van der Waals surface area (Å²) in [5.41, 5.74) is -0.421. The summed E-state index contributed by atoms with van der Waals surface area (Å²) in [6.07, 6.45) is 0.722. The van der Waals surface area contributed by atoms with Crippen molar-refractivity contribution in [1.82, 2.24) is 9.80 Å². The fraction of sp³-hybridized carbons (Fsp3) is 0.923. The topological polar surface area (TPSA) is 42.0 Å². The number of carbonyl (C=O) groups is 1. The molecule has 5 heteroatoms. The van der Waals surface area contributed by atoms with E-state index in [0.717, 1.165) is 45.8 Å². The molecule has 0 N–H and O–H groups in total. The zero-order valence-corrected chi connectivity index (χ0v) is 12.1. The fourth-order valence-electron chi connectivity index (χ4n) is 1.79. The number of ether oxygens (including phenoxy) is 2. The highest BCUT2D eigenvalue weighted by Gasteiger charge is 2.19. The van der Waals surface area contributed by atoms with Crippen LogP contribution in [0.25, 0.3) is 0 Å². The highest BCUT2D eigenvalue weighted by atomic mass is 16.6. The van der Waals surface area contributed by atoms with Gasteiger partial charge in [-0.1, -0.05) is 0 Å². The smallest absolute Gasteiger partial charge is 0.410 e. The van der Waals surface area contributed by atoms with E-state index in [1.54, 1.807) is 11.9 Å². The third-order valence-electron chi connectivity index (χ3n) is 2.78. The van der Waals surface area contributed by atoms with Crippen LogP contribution >= 0.6 is 0 Å². The van der Waals surface area contributed by atoms with Crippen LogP contribution in [0.5, 0.6) is 0 Å².